The van der Waals surface area contributed by atoms with Crippen molar-refractivity contribution in [2.24, 2.45) is 0 Å². The van der Waals surface area contributed by atoms with Gasteiger partial charge in [0.1, 0.15) is 0 Å². The molecule has 28 heavy (non-hydrogen) atoms. The zero-order valence-corrected chi connectivity index (χ0v) is 15.2. The summed E-state index contributed by atoms with van der Waals surface area (Å²) < 4.78 is 0. The Bertz CT molecular complexity index is 980. The van der Waals surface area contributed by atoms with Crippen LogP contribution in [0.15, 0.2) is 109 Å². The van der Waals surface area contributed by atoms with E-state index in [9.17, 15) is 9.90 Å². The quantitative estimate of drug-likeness (QED) is 0.497. The molecule has 0 aliphatic rings. The molecule has 3 heteroatoms. The molecule has 0 atom stereocenters. The molecule has 0 bridgehead atoms. The number of rotatable bonds is 5. The van der Waals surface area contributed by atoms with Crippen molar-refractivity contribution in [2.45, 2.75) is 5.41 Å². The molecule has 0 amide bonds. The Morgan fingerprint density at radius 3 is 1.46 bits per heavy atom. The van der Waals surface area contributed by atoms with Crippen LogP contribution in [0.25, 0.3) is 0 Å². The normalized spacial score (nSPS) is 11.1. The van der Waals surface area contributed by atoms with E-state index in [2.05, 4.69) is 4.98 Å². The largest absolute Gasteiger partial charge is 0.477 e. The molecule has 0 aliphatic carbocycles. The van der Waals surface area contributed by atoms with E-state index < -0.39 is 11.4 Å². The van der Waals surface area contributed by atoms with E-state index in [-0.39, 0.29) is 5.69 Å². The molecular formula is C25H19NO2. The highest BCUT2D eigenvalue weighted by Crippen LogP contribution is 2.45. The number of hydrogen-bond acceptors (Lipinski definition) is 2. The van der Waals surface area contributed by atoms with E-state index in [4.69, 9.17) is 0 Å². The van der Waals surface area contributed by atoms with Gasteiger partial charge in [0.15, 0.2) is 5.69 Å². The first kappa shape index (κ1) is 17.7. The van der Waals surface area contributed by atoms with Crippen LogP contribution in [0.2, 0.25) is 0 Å². The molecule has 3 nitrogen and oxygen atoms in total. The zero-order chi connectivity index (χ0) is 19.4. The molecule has 0 spiro atoms. The van der Waals surface area contributed by atoms with Gasteiger partial charge in [0.25, 0.3) is 0 Å². The fraction of sp³-hybridized carbons (Fsp3) is 0.0400. The van der Waals surface area contributed by atoms with Gasteiger partial charge in [-0.1, -0.05) is 97.1 Å². The van der Waals surface area contributed by atoms with Crippen LogP contribution in [-0.2, 0) is 5.41 Å². The summed E-state index contributed by atoms with van der Waals surface area (Å²) in [6.45, 7) is 0. The summed E-state index contributed by atoms with van der Waals surface area (Å²) in [4.78, 5) is 16.3. The molecular weight excluding hydrogens is 346 g/mol. The smallest absolute Gasteiger partial charge is 0.354 e. The first-order valence-electron chi connectivity index (χ1n) is 9.10. The molecule has 0 radical (unpaired) electrons. The van der Waals surface area contributed by atoms with Gasteiger partial charge in [-0.25, -0.2) is 9.78 Å². The standard InChI is InChI=1S/C25H19NO2/c27-24(28)23-22(17-10-18-26-23)25(19-11-4-1-5-12-19,20-13-6-2-7-14-20)21-15-8-3-9-16-21/h1-18H,(H,27,28). The lowest BCUT2D eigenvalue weighted by Crippen LogP contribution is -2.33. The third-order valence-electron chi connectivity index (χ3n) is 5.03. The number of hydrogen-bond donors (Lipinski definition) is 1. The molecule has 0 aliphatic heterocycles. The molecule has 0 fully saturated rings. The van der Waals surface area contributed by atoms with Crippen molar-refractivity contribution in [2.75, 3.05) is 0 Å². The molecule has 136 valence electrons. The van der Waals surface area contributed by atoms with Crippen molar-refractivity contribution in [1.29, 1.82) is 0 Å². The number of aromatic carboxylic acids is 1. The zero-order valence-electron chi connectivity index (χ0n) is 15.2. The number of carboxylic acid groups (broad SMARTS) is 1. The Morgan fingerprint density at radius 1 is 0.643 bits per heavy atom. The van der Waals surface area contributed by atoms with Crippen LogP contribution in [0.5, 0.6) is 0 Å². The molecule has 0 unspecified atom stereocenters. The summed E-state index contributed by atoms with van der Waals surface area (Å²) in [5.41, 5.74) is 2.87. The minimum atomic E-state index is -1.04. The maximum Gasteiger partial charge on any atom is 0.354 e. The molecule has 1 heterocycles. The highest BCUT2D eigenvalue weighted by Gasteiger charge is 2.41. The predicted octanol–water partition coefficient (Wildman–Crippen LogP) is 5.16. The maximum absolute atomic E-state index is 12.1. The average molecular weight is 365 g/mol. The number of nitrogens with zero attached hydrogens (tertiary/aromatic N) is 1. The van der Waals surface area contributed by atoms with Crippen molar-refractivity contribution in [3.8, 4) is 0 Å². The summed E-state index contributed by atoms with van der Waals surface area (Å²) in [6, 6.07) is 33.7. The number of carbonyl (C=O) groups is 1. The van der Waals surface area contributed by atoms with E-state index in [1.807, 2.05) is 97.1 Å². The fourth-order valence-electron chi connectivity index (χ4n) is 3.91. The van der Waals surface area contributed by atoms with Crippen LogP contribution in [0.1, 0.15) is 32.7 Å². The number of pyridine rings is 1. The van der Waals surface area contributed by atoms with Gasteiger partial charge in [0, 0.05) is 11.8 Å². The first-order chi connectivity index (χ1) is 13.7. The number of aromatic nitrogens is 1. The Balaban J connectivity index is 2.19. The summed E-state index contributed by atoms with van der Waals surface area (Å²) >= 11 is 0. The highest BCUT2D eigenvalue weighted by molar-refractivity contribution is 5.89. The molecule has 0 saturated heterocycles. The highest BCUT2D eigenvalue weighted by atomic mass is 16.4. The van der Waals surface area contributed by atoms with Crippen molar-refractivity contribution in [1.82, 2.24) is 4.98 Å². The molecule has 0 saturated carbocycles. The van der Waals surface area contributed by atoms with Crippen molar-refractivity contribution < 1.29 is 9.90 Å². The van der Waals surface area contributed by atoms with E-state index in [1.54, 1.807) is 6.07 Å². The van der Waals surface area contributed by atoms with Gasteiger partial charge in [0.2, 0.25) is 0 Å². The molecule has 1 N–H and O–H groups in total. The lowest BCUT2D eigenvalue weighted by atomic mass is 9.64. The van der Waals surface area contributed by atoms with Crippen LogP contribution in [0, 0.1) is 0 Å². The van der Waals surface area contributed by atoms with Crippen LogP contribution in [0.4, 0.5) is 0 Å². The molecule has 1 aromatic heterocycles. The third-order valence-corrected chi connectivity index (χ3v) is 5.03. The average Bonchev–Trinajstić information content (AvgIpc) is 2.77. The van der Waals surface area contributed by atoms with Crippen molar-refractivity contribution >= 4 is 5.97 Å². The molecule has 3 aromatic carbocycles. The van der Waals surface area contributed by atoms with E-state index in [1.165, 1.54) is 6.20 Å². The Morgan fingerprint density at radius 2 is 1.07 bits per heavy atom. The predicted molar refractivity (Wildman–Crippen MR) is 110 cm³/mol. The van der Waals surface area contributed by atoms with Crippen molar-refractivity contribution in [3.05, 3.63) is 137 Å². The van der Waals surface area contributed by atoms with Crippen molar-refractivity contribution in [3.63, 3.8) is 0 Å². The molecule has 4 rings (SSSR count). The Kier molecular flexibility index (Phi) is 4.73. The maximum atomic E-state index is 12.1. The minimum Gasteiger partial charge on any atom is -0.477 e. The second-order valence-electron chi connectivity index (χ2n) is 6.55. The second-order valence-corrected chi connectivity index (χ2v) is 6.55. The lowest BCUT2D eigenvalue weighted by Gasteiger charge is -2.37. The van der Waals surface area contributed by atoms with Gasteiger partial charge in [-0.3, -0.25) is 0 Å². The van der Waals surface area contributed by atoms with E-state index >= 15 is 0 Å². The summed E-state index contributed by atoms with van der Waals surface area (Å²) in [6.07, 6.45) is 1.53. The third kappa shape index (κ3) is 2.87. The lowest BCUT2D eigenvalue weighted by molar-refractivity contribution is 0.0688. The van der Waals surface area contributed by atoms with E-state index in [0.717, 1.165) is 16.7 Å². The Hall–Kier alpha value is -3.72. The minimum absolute atomic E-state index is 0.0547. The Labute approximate surface area is 164 Å². The van der Waals surface area contributed by atoms with Gasteiger partial charge < -0.3 is 5.11 Å². The fourth-order valence-corrected chi connectivity index (χ4v) is 3.91. The topological polar surface area (TPSA) is 50.2 Å². The number of carboxylic acids is 1. The van der Waals surface area contributed by atoms with Crippen LogP contribution in [-0.4, -0.2) is 16.1 Å². The van der Waals surface area contributed by atoms with Gasteiger partial charge >= 0.3 is 5.97 Å². The van der Waals surface area contributed by atoms with Gasteiger partial charge in [-0.2, -0.15) is 0 Å². The summed E-state index contributed by atoms with van der Waals surface area (Å²) in [5, 5.41) is 9.91. The van der Waals surface area contributed by atoms with Crippen LogP contribution >= 0.6 is 0 Å². The van der Waals surface area contributed by atoms with Crippen LogP contribution < -0.4 is 0 Å². The van der Waals surface area contributed by atoms with Gasteiger partial charge in [0.05, 0.1) is 5.41 Å². The summed E-state index contributed by atoms with van der Waals surface area (Å²) in [5.74, 6) is -1.04. The second kappa shape index (κ2) is 7.49. The SMILES string of the molecule is O=C(O)c1ncccc1C(c1ccccc1)(c1ccccc1)c1ccccc1. The van der Waals surface area contributed by atoms with Gasteiger partial charge in [-0.15, -0.1) is 0 Å². The van der Waals surface area contributed by atoms with Crippen LogP contribution in [0.3, 0.4) is 0 Å². The van der Waals surface area contributed by atoms with E-state index in [0.29, 0.717) is 5.56 Å². The number of benzene rings is 3. The molecule has 4 aromatic rings. The summed E-state index contributed by atoms with van der Waals surface area (Å²) in [7, 11) is 0. The van der Waals surface area contributed by atoms with Gasteiger partial charge in [-0.05, 0) is 22.8 Å². The monoisotopic (exact) mass is 365 g/mol. The first-order valence-corrected chi connectivity index (χ1v) is 9.10.